The van der Waals surface area contributed by atoms with Crippen LogP contribution in [0.5, 0.6) is 0 Å². The molecule has 0 spiro atoms. The summed E-state index contributed by atoms with van der Waals surface area (Å²) in [6.07, 6.45) is 2.67. The molecule has 0 radical (unpaired) electrons. The minimum absolute atomic E-state index is 0.865. The van der Waals surface area contributed by atoms with Crippen LogP contribution >= 0.6 is 7.87 Å². The summed E-state index contributed by atoms with van der Waals surface area (Å²) in [5, 5.41) is 0. The van der Waals surface area contributed by atoms with E-state index in [1.807, 2.05) is 0 Å². The molecular weight excluding hydrogens is 327 g/mol. The normalized spacial score (nSPS) is 30.0. The Hall–Kier alpha value is 0.150. The molecule has 4 aliphatic rings. The van der Waals surface area contributed by atoms with E-state index in [1.165, 1.54) is 25.9 Å². The molecule has 0 atom stereocenters. The Morgan fingerprint density at radius 2 is 0.708 bits per heavy atom. The Balaban J connectivity index is 1.70. The van der Waals surface area contributed by atoms with Crippen LogP contribution in [0.15, 0.2) is 0 Å². The van der Waals surface area contributed by atoms with Gasteiger partial charge in [0.05, 0.1) is 78.9 Å². The van der Waals surface area contributed by atoms with Crippen LogP contribution in [-0.2, 0) is 14.2 Å². The molecule has 0 amide bonds. The zero-order chi connectivity index (χ0) is 16.2. The van der Waals surface area contributed by atoms with Crippen molar-refractivity contribution >= 4 is 7.87 Å². The zero-order valence-corrected chi connectivity index (χ0v) is 15.7. The van der Waals surface area contributed by atoms with Crippen molar-refractivity contribution in [2.24, 2.45) is 0 Å². The van der Waals surface area contributed by atoms with E-state index in [0.29, 0.717) is 0 Å². The van der Waals surface area contributed by atoms with Crippen molar-refractivity contribution in [3.63, 3.8) is 0 Å². The fourth-order valence-corrected chi connectivity index (χ4v) is 9.57. The Morgan fingerprint density at radius 1 is 0.417 bits per heavy atom. The highest BCUT2D eigenvalue weighted by Gasteiger charge is 2.62. The molecule has 24 heavy (non-hydrogen) atoms. The van der Waals surface area contributed by atoms with Gasteiger partial charge in [0, 0.05) is 13.1 Å². The lowest BCUT2D eigenvalue weighted by atomic mass is 10.4. The van der Waals surface area contributed by atoms with Gasteiger partial charge >= 0.3 is 7.87 Å². The third kappa shape index (κ3) is 3.26. The summed E-state index contributed by atoms with van der Waals surface area (Å²) in [7, 11) is -1.68. The van der Waals surface area contributed by atoms with Gasteiger partial charge in [-0.15, -0.1) is 18.7 Å². The maximum atomic E-state index is 5.70. The fourth-order valence-electron chi connectivity index (χ4n) is 4.51. The van der Waals surface area contributed by atoms with Gasteiger partial charge in [0.15, 0.2) is 0 Å². The molecule has 138 valence electrons. The van der Waals surface area contributed by atoms with Crippen molar-refractivity contribution in [1.29, 1.82) is 0 Å². The predicted molar refractivity (Wildman–Crippen MR) is 94.9 cm³/mol. The van der Waals surface area contributed by atoms with Crippen molar-refractivity contribution in [3.8, 4) is 0 Å². The first kappa shape index (κ1) is 17.6. The molecule has 4 saturated heterocycles. The Bertz CT molecular complexity index is 347. The van der Waals surface area contributed by atoms with Gasteiger partial charge in [-0.05, 0) is 12.8 Å². The SMILES string of the molecule is C1CCN([P+](N2CCOCC2)(N2CCOCC2)N2CCOCC2)C1. The van der Waals surface area contributed by atoms with Crippen LogP contribution in [0.1, 0.15) is 12.8 Å². The van der Waals surface area contributed by atoms with Crippen LogP contribution in [0.25, 0.3) is 0 Å². The van der Waals surface area contributed by atoms with E-state index in [2.05, 4.69) is 18.7 Å². The van der Waals surface area contributed by atoms with E-state index < -0.39 is 7.87 Å². The summed E-state index contributed by atoms with van der Waals surface area (Å²) >= 11 is 0. The summed E-state index contributed by atoms with van der Waals surface area (Å²) in [6.45, 7) is 14.0. The first-order chi connectivity index (χ1) is 11.9. The van der Waals surface area contributed by atoms with E-state index in [-0.39, 0.29) is 0 Å². The van der Waals surface area contributed by atoms with Gasteiger partial charge in [0.1, 0.15) is 0 Å². The van der Waals surface area contributed by atoms with Gasteiger partial charge in [0.25, 0.3) is 0 Å². The lowest BCUT2D eigenvalue weighted by Gasteiger charge is -2.52. The molecule has 8 heteroatoms. The lowest BCUT2D eigenvalue weighted by Crippen LogP contribution is -2.58. The maximum absolute atomic E-state index is 5.70. The smallest absolute Gasteiger partial charge is 0.309 e. The number of morpholine rings is 3. The van der Waals surface area contributed by atoms with Gasteiger partial charge in [-0.25, -0.2) is 0 Å². The molecule has 0 bridgehead atoms. The van der Waals surface area contributed by atoms with E-state index in [1.54, 1.807) is 0 Å². The standard InChI is InChI=1S/C16H32N4O3P/c1-2-4-17(3-1)24(18-5-11-21-12-6-18,19-7-13-22-14-8-19)20-9-15-23-16-10-20/h1-16H2/q+1. The third-order valence-corrected chi connectivity index (χ3v) is 10.2. The van der Waals surface area contributed by atoms with E-state index in [9.17, 15) is 0 Å². The average Bonchev–Trinajstić information content (AvgIpc) is 3.20. The molecular formula is C16H32N4O3P+. The topological polar surface area (TPSA) is 40.7 Å². The van der Waals surface area contributed by atoms with Gasteiger partial charge in [-0.1, -0.05) is 0 Å². The summed E-state index contributed by atoms with van der Waals surface area (Å²) in [6, 6.07) is 0. The summed E-state index contributed by atoms with van der Waals surface area (Å²) < 4.78 is 28.3. The van der Waals surface area contributed by atoms with Crippen LogP contribution in [0, 0.1) is 0 Å². The summed E-state index contributed by atoms with van der Waals surface area (Å²) in [5.41, 5.74) is 0. The number of hydrogen-bond acceptors (Lipinski definition) is 7. The Labute approximate surface area is 146 Å². The molecule has 0 aromatic heterocycles. The monoisotopic (exact) mass is 359 g/mol. The van der Waals surface area contributed by atoms with Crippen LogP contribution in [0.2, 0.25) is 0 Å². The van der Waals surface area contributed by atoms with Gasteiger partial charge in [-0.3, -0.25) is 0 Å². The van der Waals surface area contributed by atoms with Crippen molar-refractivity contribution in [1.82, 2.24) is 18.7 Å². The van der Waals surface area contributed by atoms with Crippen molar-refractivity contribution in [3.05, 3.63) is 0 Å². The maximum Gasteiger partial charge on any atom is 0.309 e. The molecule has 4 heterocycles. The quantitative estimate of drug-likeness (QED) is 0.686. The molecule has 7 nitrogen and oxygen atoms in total. The minimum Gasteiger partial charge on any atom is -0.378 e. The zero-order valence-electron chi connectivity index (χ0n) is 14.8. The van der Waals surface area contributed by atoms with Gasteiger partial charge < -0.3 is 14.2 Å². The number of rotatable bonds is 4. The molecule has 4 fully saturated rings. The van der Waals surface area contributed by atoms with E-state index in [4.69, 9.17) is 14.2 Å². The molecule has 0 aromatic carbocycles. The second-order valence-electron chi connectivity index (χ2n) is 6.90. The minimum atomic E-state index is -1.68. The van der Waals surface area contributed by atoms with Gasteiger partial charge in [-0.2, -0.15) is 0 Å². The number of ether oxygens (including phenoxy) is 3. The molecule has 0 unspecified atom stereocenters. The first-order valence-electron chi connectivity index (χ1n) is 9.56. The highest BCUT2D eigenvalue weighted by molar-refractivity contribution is 7.66. The molecule has 0 N–H and O–H groups in total. The number of nitrogens with zero attached hydrogens (tertiary/aromatic N) is 4. The highest BCUT2D eigenvalue weighted by Crippen LogP contribution is 2.71. The highest BCUT2D eigenvalue weighted by atomic mass is 31.2. The number of hydrogen-bond donors (Lipinski definition) is 0. The average molecular weight is 359 g/mol. The first-order valence-corrected chi connectivity index (χ1v) is 11.2. The van der Waals surface area contributed by atoms with Crippen molar-refractivity contribution in [2.75, 3.05) is 92.0 Å². The van der Waals surface area contributed by atoms with Gasteiger partial charge in [0.2, 0.25) is 0 Å². The van der Waals surface area contributed by atoms with Crippen LogP contribution in [0.4, 0.5) is 0 Å². The largest absolute Gasteiger partial charge is 0.378 e. The lowest BCUT2D eigenvalue weighted by molar-refractivity contribution is 0.0270. The van der Waals surface area contributed by atoms with Crippen LogP contribution < -0.4 is 0 Å². The van der Waals surface area contributed by atoms with Crippen LogP contribution in [-0.4, -0.2) is 111 Å². The molecule has 0 aromatic rings. The Kier molecular flexibility index (Phi) is 6.02. The van der Waals surface area contributed by atoms with Crippen LogP contribution in [0.3, 0.4) is 0 Å². The molecule has 0 saturated carbocycles. The second-order valence-corrected chi connectivity index (χ2v) is 10.2. The summed E-state index contributed by atoms with van der Waals surface area (Å²) in [4.78, 5) is 0. The van der Waals surface area contributed by atoms with E-state index in [0.717, 1.165) is 78.9 Å². The van der Waals surface area contributed by atoms with Crippen molar-refractivity contribution < 1.29 is 14.2 Å². The second kappa shape index (κ2) is 8.23. The Morgan fingerprint density at radius 3 is 1.04 bits per heavy atom. The van der Waals surface area contributed by atoms with Crippen molar-refractivity contribution in [2.45, 2.75) is 12.8 Å². The molecule has 4 rings (SSSR count). The molecule has 0 aliphatic carbocycles. The predicted octanol–water partition coefficient (Wildman–Crippen LogP) is 0.756. The van der Waals surface area contributed by atoms with E-state index >= 15 is 0 Å². The molecule has 4 aliphatic heterocycles. The third-order valence-electron chi connectivity index (χ3n) is 5.56. The summed E-state index contributed by atoms with van der Waals surface area (Å²) in [5.74, 6) is 0. The fraction of sp³-hybridized carbons (Fsp3) is 1.00.